The first-order valence-corrected chi connectivity index (χ1v) is 12.2. The standard InChI is InChI=1S/C26H26N8OS/c1-4-22(35)29-18-6-5-7-20(15-18)36-25-23-24(28-16-27-23)31-26(32-25)30-19-8-9-21-17(14-19)10-11-34(21)13-12-33(2)3/h4-11,14-16H,1,12-13H2,2-3H3,(H,29,35)(H2,27,28,30,31,32). The van der Waals surface area contributed by atoms with Crippen LogP contribution in [0.3, 0.4) is 0 Å². The molecule has 0 bridgehead atoms. The van der Waals surface area contributed by atoms with Gasteiger partial charge < -0.3 is 25.1 Å². The van der Waals surface area contributed by atoms with E-state index >= 15 is 0 Å². The van der Waals surface area contributed by atoms with E-state index in [9.17, 15) is 4.79 Å². The van der Waals surface area contributed by atoms with Crippen molar-refractivity contribution >= 4 is 57.1 Å². The third-order valence-corrected chi connectivity index (χ3v) is 6.55. The van der Waals surface area contributed by atoms with Crippen molar-refractivity contribution in [2.45, 2.75) is 16.5 Å². The van der Waals surface area contributed by atoms with E-state index in [0.29, 0.717) is 17.3 Å². The summed E-state index contributed by atoms with van der Waals surface area (Å²) >= 11 is 1.46. The number of nitrogens with zero attached hydrogens (tertiary/aromatic N) is 5. The van der Waals surface area contributed by atoms with Crippen molar-refractivity contribution in [3.05, 3.63) is 73.7 Å². The number of amides is 1. The molecule has 0 saturated carbocycles. The molecule has 0 aliphatic heterocycles. The van der Waals surface area contributed by atoms with E-state index < -0.39 is 0 Å². The van der Waals surface area contributed by atoms with Crippen LogP contribution in [-0.4, -0.2) is 56.0 Å². The van der Waals surface area contributed by atoms with Gasteiger partial charge in [0, 0.05) is 46.5 Å². The van der Waals surface area contributed by atoms with Gasteiger partial charge >= 0.3 is 0 Å². The summed E-state index contributed by atoms with van der Waals surface area (Å²) in [5, 5.41) is 7.99. The van der Waals surface area contributed by atoms with Gasteiger partial charge in [-0.25, -0.2) is 9.97 Å². The van der Waals surface area contributed by atoms with E-state index in [2.05, 4.69) is 80.1 Å². The van der Waals surface area contributed by atoms with Crippen molar-refractivity contribution in [3.8, 4) is 0 Å². The maximum atomic E-state index is 11.7. The molecule has 1 amide bonds. The summed E-state index contributed by atoms with van der Waals surface area (Å²) in [6, 6.07) is 15.9. The lowest BCUT2D eigenvalue weighted by atomic mass is 10.2. The molecule has 0 atom stereocenters. The SMILES string of the molecule is C=CC(=O)Nc1cccc(Sc2nc(Nc3ccc4c(ccn4CCN(C)C)c3)nc3nc[nH]c23)c1. The summed E-state index contributed by atoms with van der Waals surface area (Å²) in [6.07, 6.45) is 4.97. The van der Waals surface area contributed by atoms with Crippen molar-refractivity contribution in [1.82, 2.24) is 29.4 Å². The minimum atomic E-state index is -0.258. The third-order valence-electron chi connectivity index (χ3n) is 5.57. The number of carbonyl (C=O) groups excluding carboxylic acids is 1. The maximum absolute atomic E-state index is 11.7. The number of aromatic nitrogens is 5. The van der Waals surface area contributed by atoms with Crippen molar-refractivity contribution < 1.29 is 4.79 Å². The zero-order valence-corrected chi connectivity index (χ0v) is 20.8. The molecule has 10 heteroatoms. The molecule has 36 heavy (non-hydrogen) atoms. The normalized spacial score (nSPS) is 11.3. The Balaban J connectivity index is 1.40. The molecule has 0 fully saturated rings. The van der Waals surface area contributed by atoms with Crippen LogP contribution in [0.4, 0.5) is 17.3 Å². The number of anilines is 3. The Bertz CT molecular complexity index is 1550. The number of rotatable bonds is 9. The Morgan fingerprint density at radius 3 is 2.89 bits per heavy atom. The summed E-state index contributed by atoms with van der Waals surface area (Å²) in [6.45, 7) is 5.41. The second-order valence-electron chi connectivity index (χ2n) is 8.49. The number of carbonyl (C=O) groups is 1. The molecular weight excluding hydrogens is 472 g/mol. The summed E-state index contributed by atoms with van der Waals surface area (Å²) < 4.78 is 2.26. The molecular formula is C26H26N8OS. The van der Waals surface area contributed by atoms with Crippen LogP contribution >= 0.6 is 11.8 Å². The second kappa shape index (κ2) is 10.2. The van der Waals surface area contributed by atoms with Gasteiger partial charge in [-0.15, -0.1) is 0 Å². The van der Waals surface area contributed by atoms with Gasteiger partial charge in [-0.05, 0) is 62.6 Å². The van der Waals surface area contributed by atoms with E-state index in [1.165, 1.54) is 23.4 Å². The van der Waals surface area contributed by atoms with E-state index in [1.807, 2.05) is 30.3 Å². The first-order chi connectivity index (χ1) is 17.5. The minimum absolute atomic E-state index is 0.258. The van der Waals surface area contributed by atoms with Crippen LogP contribution in [0.2, 0.25) is 0 Å². The Kier molecular flexibility index (Phi) is 6.70. The van der Waals surface area contributed by atoms with Gasteiger partial charge in [0.1, 0.15) is 10.5 Å². The summed E-state index contributed by atoms with van der Waals surface area (Å²) in [5.74, 6) is 0.200. The molecule has 0 aliphatic rings. The molecule has 0 spiro atoms. The Morgan fingerprint density at radius 1 is 1.17 bits per heavy atom. The highest BCUT2D eigenvalue weighted by Gasteiger charge is 2.13. The number of fused-ring (bicyclic) bond motifs is 2. The highest BCUT2D eigenvalue weighted by molar-refractivity contribution is 7.99. The number of aromatic amines is 1. The first-order valence-electron chi connectivity index (χ1n) is 11.4. The minimum Gasteiger partial charge on any atom is -0.346 e. The number of hydrogen-bond acceptors (Lipinski definition) is 7. The van der Waals surface area contributed by atoms with Crippen molar-refractivity contribution in [3.63, 3.8) is 0 Å². The predicted molar refractivity (Wildman–Crippen MR) is 145 cm³/mol. The Labute approximate surface area is 212 Å². The number of nitrogens with one attached hydrogen (secondary N) is 3. The highest BCUT2D eigenvalue weighted by Crippen LogP contribution is 2.33. The fourth-order valence-electron chi connectivity index (χ4n) is 3.79. The topological polar surface area (TPSA) is 104 Å². The Hall–Kier alpha value is -4.15. The number of benzene rings is 2. The monoisotopic (exact) mass is 498 g/mol. The lowest BCUT2D eigenvalue weighted by Gasteiger charge is -2.12. The predicted octanol–water partition coefficient (Wildman–Crippen LogP) is 4.89. The maximum Gasteiger partial charge on any atom is 0.247 e. The quantitative estimate of drug-likeness (QED) is 0.196. The van der Waals surface area contributed by atoms with Crippen LogP contribution in [-0.2, 0) is 11.3 Å². The molecule has 5 aromatic rings. The number of H-pyrrole nitrogens is 1. The fourth-order valence-corrected chi connectivity index (χ4v) is 4.73. The van der Waals surface area contributed by atoms with Crippen LogP contribution in [0.1, 0.15) is 0 Å². The molecule has 5 rings (SSSR count). The van der Waals surface area contributed by atoms with E-state index in [4.69, 9.17) is 4.98 Å². The van der Waals surface area contributed by atoms with Gasteiger partial charge in [0.15, 0.2) is 5.65 Å². The lowest BCUT2D eigenvalue weighted by molar-refractivity contribution is -0.111. The van der Waals surface area contributed by atoms with Gasteiger partial charge in [0.05, 0.1) is 6.33 Å². The average Bonchev–Trinajstić information content (AvgIpc) is 3.49. The van der Waals surface area contributed by atoms with Gasteiger partial charge in [-0.2, -0.15) is 4.98 Å². The van der Waals surface area contributed by atoms with E-state index in [0.717, 1.165) is 39.6 Å². The van der Waals surface area contributed by atoms with Crippen molar-refractivity contribution in [1.29, 1.82) is 0 Å². The van der Waals surface area contributed by atoms with Gasteiger partial charge in [-0.3, -0.25) is 4.79 Å². The first kappa shape index (κ1) is 23.6. The molecule has 3 aromatic heterocycles. The molecule has 2 aromatic carbocycles. The summed E-state index contributed by atoms with van der Waals surface area (Å²) in [4.78, 5) is 31.6. The summed E-state index contributed by atoms with van der Waals surface area (Å²) in [5.41, 5.74) is 4.09. The second-order valence-corrected chi connectivity index (χ2v) is 9.55. The smallest absolute Gasteiger partial charge is 0.247 e. The molecule has 0 radical (unpaired) electrons. The zero-order chi connectivity index (χ0) is 25.1. The molecule has 0 unspecified atom stereocenters. The lowest BCUT2D eigenvalue weighted by Crippen LogP contribution is -2.17. The Morgan fingerprint density at radius 2 is 2.06 bits per heavy atom. The number of hydrogen-bond donors (Lipinski definition) is 3. The molecule has 0 saturated heterocycles. The van der Waals surface area contributed by atoms with Crippen LogP contribution in [0.5, 0.6) is 0 Å². The molecule has 182 valence electrons. The highest BCUT2D eigenvalue weighted by atomic mass is 32.2. The van der Waals surface area contributed by atoms with Crippen molar-refractivity contribution in [2.75, 3.05) is 31.3 Å². The third kappa shape index (κ3) is 5.24. The largest absolute Gasteiger partial charge is 0.346 e. The molecule has 9 nitrogen and oxygen atoms in total. The van der Waals surface area contributed by atoms with Crippen LogP contribution in [0.25, 0.3) is 22.1 Å². The van der Waals surface area contributed by atoms with E-state index in [1.54, 1.807) is 6.33 Å². The number of imidazole rings is 1. The molecule has 3 heterocycles. The summed E-state index contributed by atoms with van der Waals surface area (Å²) in [7, 11) is 4.15. The average molecular weight is 499 g/mol. The van der Waals surface area contributed by atoms with Crippen LogP contribution in [0.15, 0.2) is 83.6 Å². The zero-order valence-electron chi connectivity index (χ0n) is 20.0. The van der Waals surface area contributed by atoms with Gasteiger partial charge in [-0.1, -0.05) is 24.4 Å². The fraction of sp³-hybridized carbons (Fsp3) is 0.154. The number of likely N-dealkylation sites (N-methyl/N-ethyl adjacent to an activating group) is 1. The van der Waals surface area contributed by atoms with Crippen LogP contribution in [0, 0.1) is 0 Å². The van der Waals surface area contributed by atoms with Gasteiger partial charge in [0.25, 0.3) is 0 Å². The molecule has 0 aliphatic carbocycles. The molecule has 3 N–H and O–H groups in total. The van der Waals surface area contributed by atoms with E-state index in [-0.39, 0.29) is 5.91 Å². The van der Waals surface area contributed by atoms with Crippen LogP contribution < -0.4 is 10.6 Å². The van der Waals surface area contributed by atoms with Crippen molar-refractivity contribution in [2.24, 2.45) is 0 Å². The van der Waals surface area contributed by atoms with Gasteiger partial charge in [0.2, 0.25) is 11.9 Å².